The fourth-order valence-corrected chi connectivity index (χ4v) is 2.57. The number of likely N-dealkylation sites (tertiary alicyclic amines) is 1. The van der Waals surface area contributed by atoms with E-state index in [1.807, 2.05) is 0 Å². The van der Waals surface area contributed by atoms with Crippen LogP contribution < -0.4 is 5.32 Å². The topological polar surface area (TPSA) is 49.4 Å². The fraction of sp³-hybridized carbons (Fsp3) is 0.857. The van der Waals surface area contributed by atoms with Crippen molar-refractivity contribution in [3.8, 4) is 0 Å². The minimum atomic E-state index is 0.0291. The lowest BCUT2D eigenvalue weighted by molar-refractivity contribution is -0.144. The molecule has 1 aliphatic carbocycles. The van der Waals surface area contributed by atoms with Gasteiger partial charge in [0.15, 0.2) is 0 Å². The second-order valence-corrected chi connectivity index (χ2v) is 5.50. The highest BCUT2D eigenvalue weighted by Crippen LogP contribution is 2.33. The molecule has 18 heavy (non-hydrogen) atoms. The molecule has 2 amide bonds. The molecule has 2 fully saturated rings. The Morgan fingerprint density at radius 2 is 1.83 bits per heavy atom. The van der Waals surface area contributed by atoms with Crippen molar-refractivity contribution in [1.82, 2.24) is 10.2 Å². The van der Waals surface area contributed by atoms with Crippen LogP contribution in [0.1, 0.15) is 51.9 Å². The molecule has 0 aromatic rings. The summed E-state index contributed by atoms with van der Waals surface area (Å²) in [5.41, 5.74) is 0. The van der Waals surface area contributed by atoms with E-state index in [4.69, 9.17) is 0 Å². The molecule has 0 aromatic heterocycles. The lowest BCUT2D eigenvalue weighted by Crippen LogP contribution is -2.47. The predicted molar refractivity (Wildman–Crippen MR) is 70.0 cm³/mol. The largest absolute Gasteiger partial charge is 0.312 e. The molecule has 0 radical (unpaired) electrons. The molecule has 1 N–H and O–H groups in total. The first-order valence-electron chi connectivity index (χ1n) is 7.29. The number of rotatable bonds is 6. The van der Waals surface area contributed by atoms with Crippen LogP contribution in [-0.4, -0.2) is 35.8 Å². The van der Waals surface area contributed by atoms with Gasteiger partial charge in [0.25, 0.3) is 0 Å². The van der Waals surface area contributed by atoms with Gasteiger partial charge in [-0.25, -0.2) is 0 Å². The van der Waals surface area contributed by atoms with Crippen molar-refractivity contribution >= 4 is 11.8 Å². The molecule has 102 valence electrons. The van der Waals surface area contributed by atoms with Gasteiger partial charge in [-0.3, -0.25) is 14.5 Å². The van der Waals surface area contributed by atoms with Gasteiger partial charge in [0.2, 0.25) is 11.8 Å². The number of amides is 2. The first-order valence-corrected chi connectivity index (χ1v) is 7.29. The fourth-order valence-electron chi connectivity index (χ4n) is 2.57. The van der Waals surface area contributed by atoms with E-state index in [1.165, 1.54) is 17.7 Å². The summed E-state index contributed by atoms with van der Waals surface area (Å²) in [6.07, 6.45) is 6.35. The number of carbonyl (C=O) groups is 2. The van der Waals surface area contributed by atoms with Crippen molar-refractivity contribution < 1.29 is 9.59 Å². The van der Waals surface area contributed by atoms with Crippen LogP contribution in [0.25, 0.3) is 0 Å². The third-order valence-corrected chi connectivity index (χ3v) is 3.86. The first kappa shape index (κ1) is 13.5. The lowest BCUT2D eigenvalue weighted by atomic mass is 10.1. The minimum Gasteiger partial charge on any atom is -0.312 e. The quantitative estimate of drug-likeness (QED) is 0.732. The second-order valence-electron chi connectivity index (χ2n) is 5.50. The lowest BCUT2D eigenvalue weighted by Gasteiger charge is -2.26. The number of carbonyl (C=O) groups excluding carboxylic acids is 2. The molecule has 1 saturated heterocycles. The Hall–Kier alpha value is -0.900. The van der Waals surface area contributed by atoms with Crippen molar-refractivity contribution in [2.24, 2.45) is 5.92 Å². The SMILES string of the molecule is CCCNC(CN1C(=O)CCCCC1=O)C1CC1. The molecule has 1 heterocycles. The van der Waals surface area contributed by atoms with Gasteiger partial charge in [0.05, 0.1) is 0 Å². The van der Waals surface area contributed by atoms with E-state index in [9.17, 15) is 9.59 Å². The van der Waals surface area contributed by atoms with E-state index in [2.05, 4.69) is 12.2 Å². The maximum atomic E-state index is 12.0. The van der Waals surface area contributed by atoms with Crippen LogP contribution in [0, 0.1) is 5.92 Å². The molecule has 1 aliphatic heterocycles. The van der Waals surface area contributed by atoms with Crippen LogP contribution in [0.3, 0.4) is 0 Å². The molecule has 4 nitrogen and oxygen atoms in total. The monoisotopic (exact) mass is 252 g/mol. The third kappa shape index (κ3) is 3.55. The van der Waals surface area contributed by atoms with E-state index in [-0.39, 0.29) is 11.8 Å². The van der Waals surface area contributed by atoms with Crippen molar-refractivity contribution in [3.05, 3.63) is 0 Å². The summed E-state index contributed by atoms with van der Waals surface area (Å²) in [6.45, 7) is 3.69. The molecule has 4 heteroatoms. The smallest absolute Gasteiger partial charge is 0.229 e. The van der Waals surface area contributed by atoms with Crippen LogP contribution in [0.5, 0.6) is 0 Å². The van der Waals surface area contributed by atoms with Crippen LogP contribution >= 0.6 is 0 Å². The standard InChI is InChI=1S/C14H24N2O2/c1-2-9-15-12(11-7-8-11)10-16-13(17)5-3-4-6-14(16)18/h11-12,15H,2-10H2,1H3. The minimum absolute atomic E-state index is 0.0291. The maximum Gasteiger partial charge on any atom is 0.229 e. The number of nitrogens with one attached hydrogen (secondary N) is 1. The average Bonchev–Trinajstić information content (AvgIpc) is 3.18. The van der Waals surface area contributed by atoms with Crippen LogP contribution in [0.2, 0.25) is 0 Å². The Balaban J connectivity index is 1.94. The molecule has 0 bridgehead atoms. The van der Waals surface area contributed by atoms with Crippen molar-refractivity contribution in [2.75, 3.05) is 13.1 Å². The van der Waals surface area contributed by atoms with Crippen molar-refractivity contribution in [1.29, 1.82) is 0 Å². The highest BCUT2D eigenvalue weighted by atomic mass is 16.2. The van der Waals surface area contributed by atoms with E-state index >= 15 is 0 Å². The molecular weight excluding hydrogens is 228 g/mol. The molecule has 1 saturated carbocycles. The summed E-state index contributed by atoms with van der Waals surface area (Å²) in [6, 6.07) is 0.316. The van der Waals surface area contributed by atoms with Gasteiger partial charge in [-0.15, -0.1) is 0 Å². The van der Waals surface area contributed by atoms with Gasteiger partial charge >= 0.3 is 0 Å². The maximum absolute atomic E-state index is 12.0. The third-order valence-electron chi connectivity index (χ3n) is 3.86. The molecule has 0 aromatic carbocycles. The van der Waals surface area contributed by atoms with Gasteiger partial charge < -0.3 is 5.32 Å². The summed E-state index contributed by atoms with van der Waals surface area (Å²) < 4.78 is 0. The first-order chi connectivity index (χ1) is 8.72. The Morgan fingerprint density at radius 1 is 1.22 bits per heavy atom. The van der Waals surface area contributed by atoms with Crippen LogP contribution in [0.4, 0.5) is 0 Å². The molecular formula is C14H24N2O2. The zero-order chi connectivity index (χ0) is 13.0. The van der Waals surface area contributed by atoms with Gasteiger partial charge in [0.1, 0.15) is 0 Å². The summed E-state index contributed by atoms with van der Waals surface area (Å²) in [5.74, 6) is 0.725. The normalized spacial score (nSPS) is 23.1. The second kappa shape index (κ2) is 6.32. The zero-order valence-corrected chi connectivity index (χ0v) is 11.3. The zero-order valence-electron chi connectivity index (χ0n) is 11.3. The van der Waals surface area contributed by atoms with Gasteiger partial charge in [-0.05, 0) is 44.6 Å². The van der Waals surface area contributed by atoms with Gasteiger partial charge in [-0.2, -0.15) is 0 Å². The predicted octanol–water partition coefficient (Wildman–Crippen LogP) is 1.69. The summed E-state index contributed by atoms with van der Waals surface area (Å²) in [4.78, 5) is 25.4. The molecule has 1 atom stereocenters. The Morgan fingerprint density at radius 3 is 2.33 bits per heavy atom. The highest BCUT2D eigenvalue weighted by molar-refractivity contribution is 5.96. The number of nitrogens with zero attached hydrogens (tertiary/aromatic N) is 1. The van der Waals surface area contributed by atoms with Crippen LogP contribution in [-0.2, 0) is 9.59 Å². The number of imide groups is 1. The van der Waals surface area contributed by atoms with E-state index < -0.39 is 0 Å². The molecule has 2 aliphatic rings. The highest BCUT2D eigenvalue weighted by Gasteiger charge is 2.35. The summed E-state index contributed by atoms with van der Waals surface area (Å²) in [5, 5.41) is 3.49. The van der Waals surface area contributed by atoms with Gasteiger partial charge in [0, 0.05) is 25.4 Å². The van der Waals surface area contributed by atoms with Crippen molar-refractivity contribution in [3.63, 3.8) is 0 Å². The Bertz CT molecular complexity index is 295. The van der Waals surface area contributed by atoms with E-state index in [0.717, 1.165) is 25.8 Å². The Kier molecular flexibility index (Phi) is 4.75. The average molecular weight is 252 g/mol. The van der Waals surface area contributed by atoms with Crippen molar-refractivity contribution in [2.45, 2.75) is 57.9 Å². The number of hydrogen-bond donors (Lipinski definition) is 1. The number of hydrogen-bond acceptors (Lipinski definition) is 3. The van der Waals surface area contributed by atoms with E-state index in [0.29, 0.717) is 31.3 Å². The van der Waals surface area contributed by atoms with Gasteiger partial charge in [-0.1, -0.05) is 6.92 Å². The Labute approximate surface area is 109 Å². The van der Waals surface area contributed by atoms with E-state index in [1.54, 1.807) is 0 Å². The molecule has 0 spiro atoms. The molecule has 2 rings (SSSR count). The van der Waals surface area contributed by atoms with Crippen LogP contribution in [0.15, 0.2) is 0 Å². The summed E-state index contributed by atoms with van der Waals surface area (Å²) in [7, 11) is 0. The molecule has 1 unspecified atom stereocenters. The summed E-state index contributed by atoms with van der Waals surface area (Å²) >= 11 is 0.